The Morgan fingerprint density at radius 2 is 1.63 bits per heavy atom. The van der Waals surface area contributed by atoms with E-state index in [0.717, 1.165) is 24.8 Å². The number of allylic oxidation sites excluding steroid dienone is 2. The van der Waals surface area contributed by atoms with E-state index >= 15 is 0 Å². The molecule has 356 valence electrons. The van der Waals surface area contributed by atoms with Crippen LogP contribution in [0.15, 0.2) is 47.1 Å². The summed E-state index contributed by atoms with van der Waals surface area (Å²) in [5.41, 5.74) is 0.192. The molecule has 0 amide bonds. The van der Waals surface area contributed by atoms with Crippen LogP contribution in [0.5, 0.6) is 0 Å². The summed E-state index contributed by atoms with van der Waals surface area (Å²) < 4.78 is 64.1. The summed E-state index contributed by atoms with van der Waals surface area (Å²) in [6.45, 7) is 16.3. The highest BCUT2D eigenvalue weighted by Crippen LogP contribution is 2.48. The van der Waals surface area contributed by atoms with Crippen LogP contribution in [0.25, 0.3) is 0 Å². The van der Waals surface area contributed by atoms with Gasteiger partial charge in [0, 0.05) is 52.2 Å². The van der Waals surface area contributed by atoms with Gasteiger partial charge in [0.25, 0.3) is 0 Å². The molecule has 5 saturated heterocycles. The second-order valence-electron chi connectivity index (χ2n) is 19.5. The minimum Gasteiger partial charge on any atom is -0.462 e. The Kier molecular flexibility index (Phi) is 15.9. The van der Waals surface area contributed by atoms with Crippen molar-refractivity contribution >= 4 is 5.97 Å². The molecule has 1 aliphatic carbocycles. The van der Waals surface area contributed by atoms with Crippen LogP contribution in [0.2, 0.25) is 0 Å². The van der Waals surface area contributed by atoms with Crippen LogP contribution in [0, 0.1) is 23.7 Å². The van der Waals surface area contributed by atoms with Gasteiger partial charge in [-0.05, 0) is 69.1 Å². The first-order valence-electron chi connectivity index (χ1n) is 23.7. The van der Waals surface area contributed by atoms with E-state index in [4.69, 9.17) is 47.4 Å². The van der Waals surface area contributed by atoms with Crippen molar-refractivity contribution in [2.75, 3.05) is 20.8 Å². The number of fused-ring (bicyclic) bond motifs is 2. The molecule has 6 aliphatic heterocycles. The Morgan fingerprint density at radius 3 is 2.35 bits per heavy atom. The molecule has 7 aliphatic rings. The second-order valence-corrected chi connectivity index (χ2v) is 19.5. The second kappa shape index (κ2) is 20.4. The summed E-state index contributed by atoms with van der Waals surface area (Å²) in [4.78, 5) is 14.4. The first kappa shape index (κ1) is 48.9. The summed E-state index contributed by atoms with van der Waals surface area (Å²) in [5, 5.41) is 34.3. The zero-order chi connectivity index (χ0) is 45.4. The van der Waals surface area contributed by atoms with Crippen molar-refractivity contribution in [2.45, 2.75) is 210 Å². The lowest BCUT2D eigenvalue weighted by Crippen LogP contribution is -2.58. The average Bonchev–Trinajstić information content (AvgIpc) is 3.60. The van der Waals surface area contributed by atoms with Gasteiger partial charge in [-0.3, -0.25) is 4.79 Å². The van der Waals surface area contributed by atoms with Crippen molar-refractivity contribution in [1.29, 1.82) is 0 Å². The molecule has 0 radical (unpaired) electrons. The number of ether oxygens (including phenoxy) is 10. The van der Waals surface area contributed by atoms with Crippen molar-refractivity contribution in [1.82, 2.24) is 0 Å². The Balaban J connectivity index is 1.18. The standard InChI is InChI=1S/C49H76O14/c1-11-26(3)44-32(12-2)18-19-48(63-44)24-35-21-34(62-48)17-16-28(5)43(27(4)14-13-15-33-25-56-46-41(50)29(6)20-36(47(52)59-35)49(33,46)53)60-40-23-38(55-10)45(31(8)58-40)61-39-22-37(54-9)42(51)30(7)57-39/h13-16,20,26-27,30-32,34-46,50-51,53H,11-12,17-19,21-25H2,1-10H3/b14-13-,28-16-,33-15?/t26-,27-,30-,31-,32-,34+,35-,36-,37-,38-,39-,40-,41+,42-,43-,44+,45-,46+,48+,49+/m0/s1. The first-order chi connectivity index (χ1) is 30.0. The van der Waals surface area contributed by atoms with Crippen molar-refractivity contribution in [3.63, 3.8) is 0 Å². The van der Waals surface area contributed by atoms with E-state index in [-0.39, 0.29) is 30.8 Å². The van der Waals surface area contributed by atoms with E-state index < -0.39 is 90.8 Å². The van der Waals surface area contributed by atoms with Gasteiger partial charge in [0.2, 0.25) is 0 Å². The first-order valence-corrected chi connectivity index (χ1v) is 23.7. The van der Waals surface area contributed by atoms with E-state index in [0.29, 0.717) is 61.5 Å². The fourth-order valence-corrected chi connectivity index (χ4v) is 11.2. The molecule has 2 bridgehead atoms. The fraction of sp³-hybridized carbons (Fsp3) is 0.816. The molecule has 6 heterocycles. The molecule has 0 saturated carbocycles. The third kappa shape index (κ3) is 10.1. The molecular weight excluding hydrogens is 813 g/mol. The summed E-state index contributed by atoms with van der Waals surface area (Å²) in [5.74, 6) is -2.04. The van der Waals surface area contributed by atoms with Gasteiger partial charge in [0.1, 0.15) is 42.0 Å². The number of aliphatic hydroxyl groups excluding tert-OH is 2. The van der Waals surface area contributed by atoms with E-state index in [9.17, 15) is 20.1 Å². The van der Waals surface area contributed by atoms with Gasteiger partial charge in [0.15, 0.2) is 18.4 Å². The predicted molar refractivity (Wildman–Crippen MR) is 232 cm³/mol. The summed E-state index contributed by atoms with van der Waals surface area (Å²) in [7, 11) is 3.23. The van der Waals surface area contributed by atoms with Crippen LogP contribution in [-0.2, 0) is 52.2 Å². The smallest absolute Gasteiger partial charge is 0.316 e. The fourth-order valence-electron chi connectivity index (χ4n) is 11.2. The number of aliphatic hydroxyl groups is 3. The molecule has 5 fully saturated rings. The normalized spacial score (nSPS) is 48.0. The molecule has 63 heavy (non-hydrogen) atoms. The number of hydrogen-bond acceptors (Lipinski definition) is 14. The molecule has 0 aromatic rings. The summed E-state index contributed by atoms with van der Waals surface area (Å²) >= 11 is 0. The Bertz CT molecular complexity index is 1700. The molecule has 1 spiro atoms. The van der Waals surface area contributed by atoms with Gasteiger partial charge < -0.3 is 62.7 Å². The van der Waals surface area contributed by atoms with E-state index in [1.165, 1.54) is 0 Å². The van der Waals surface area contributed by atoms with Crippen molar-refractivity contribution < 1.29 is 67.5 Å². The summed E-state index contributed by atoms with van der Waals surface area (Å²) in [6.07, 6.45) is 7.62. The van der Waals surface area contributed by atoms with Crippen LogP contribution in [0.1, 0.15) is 113 Å². The molecule has 7 rings (SSSR count). The minimum absolute atomic E-state index is 0.00681. The number of carbonyl (C=O) groups excluding carboxylic acids is 1. The van der Waals surface area contributed by atoms with Crippen LogP contribution in [-0.4, -0.2) is 139 Å². The zero-order valence-electron chi connectivity index (χ0n) is 39.2. The molecule has 3 N–H and O–H groups in total. The van der Waals surface area contributed by atoms with Crippen LogP contribution in [0.3, 0.4) is 0 Å². The molecule has 0 unspecified atom stereocenters. The summed E-state index contributed by atoms with van der Waals surface area (Å²) in [6, 6.07) is 0. The van der Waals surface area contributed by atoms with E-state index in [1.54, 1.807) is 40.2 Å². The topological polar surface area (TPSA) is 170 Å². The van der Waals surface area contributed by atoms with Crippen molar-refractivity contribution in [3.05, 3.63) is 47.1 Å². The highest BCUT2D eigenvalue weighted by atomic mass is 16.7. The maximum atomic E-state index is 14.4. The van der Waals surface area contributed by atoms with Crippen LogP contribution < -0.4 is 0 Å². The number of hydrogen-bond donors (Lipinski definition) is 3. The number of rotatable bonds is 9. The highest BCUT2D eigenvalue weighted by Gasteiger charge is 2.60. The lowest BCUT2D eigenvalue weighted by atomic mass is 9.71. The zero-order valence-corrected chi connectivity index (χ0v) is 39.2. The monoisotopic (exact) mass is 889 g/mol. The number of methoxy groups -OCH3 is 2. The molecular formula is C49H76O14. The molecule has 0 aromatic carbocycles. The van der Waals surface area contributed by atoms with Gasteiger partial charge in [-0.2, -0.15) is 0 Å². The predicted octanol–water partition coefficient (Wildman–Crippen LogP) is 5.99. The molecule has 14 nitrogen and oxygen atoms in total. The minimum atomic E-state index is -1.82. The van der Waals surface area contributed by atoms with Crippen LogP contribution in [0.4, 0.5) is 0 Å². The molecule has 20 atom stereocenters. The lowest BCUT2D eigenvalue weighted by molar-refractivity contribution is -0.342. The van der Waals surface area contributed by atoms with Crippen molar-refractivity contribution in [2.24, 2.45) is 23.7 Å². The van der Waals surface area contributed by atoms with Crippen LogP contribution >= 0.6 is 0 Å². The quantitative estimate of drug-likeness (QED) is 0.182. The van der Waals surface area contributed by atoms with Gasteiger partial charge in [0.05, 0.1) is 49.3 Å². The third-order valence-electron chi connectivity index (χ3n) is 15.3. The third-order valence-corrected chi connectivity index (χ3v) is 15.3. The van der Waals surface area contributed by atoms with Crippen molar-refractivity contribution in [3.8, 4) is 0 Å². The largest absolute Gasteiger partial charge is 0.462 e. The lowest BCUT2D eigenvalue weighted by Gasteiger charge is -2.51. The van der Waals surface area contributed by atoms with Gasteiger partial charge in [-0.1, -0.05) is 70.9 Å². The SMILES string of the molecule is CC[C@H]1CC[C@]2(C[C@@H]3C[C@@H](C/C=C(/C)[C@@H](O[C@H]4C[C@H](OC)[C@@H](O[C@H]5C[C@H](OC)[C@@H](O)[C@H](C)O5)[C@H](C)O4)[C@@H](C)/C=C\C=C4CO[C@@H]5[C@H](O)C(C)=C[C@@H](C(=O)O3)[C@]45O)O2)O[C@@H]1[C@@H](C)CC. The highest BCUT2D eigenvalue weighted by molar-refractivity contribution is 5.78. The molecule has 0 aromatic heterocycles. The number of carbonyl (C=O) groups is 1. The van der Waals surface area contributed by atoms with E-state index in [2.05, 4.69) is 40.7 Å². The Morgan fingerprint density at radius 1 is 0.921 bits per heavy atom. The maximum absolute atomic E-state index is 14.4. The van der Waals surface area contributed by atoms with Gasteiger partial charge >= 0.3 is 5.97 Å². The van der Waals surface area contributed by atoms with Gasteiger partial charge in [-0.15, -0.1) is 0 Å². The molecule has 14 heteroatoms. The van der Waals surface area contributed by atoms with Gasteiger partial charge in [-0.25, -0.2) is 0 Å². The average molecular weight is 889 g/mol. The van der Waals surface area contributed by atoms with E-state index in [1.807, 2.05) is 19.1 Å². The Hall–Kier alpha value is -2.05. The number of esters is 1. The maximum Gasteiger partial charge on any atom is 0.316 e. The Labute approximate surface area is 374 Å².